The maximum Gasteiger partial charge on any atom is 0.511 e. The molecule has 2 N–H and O–H groups in total. The second-order valence-electron chi connectivity index (χ2n) is 2.75. The summed E-state index contributed by atoms with van der Waals surface area (Å²) in [6, 6.07) is 0. The van der Waals surface area contributed by atoms with Crippen molar-refractivity contribution >= 4 is 10.0 Å². The molecule has 1 aliphatic heterocycles. The largest absolute Gasteiger partial charge is 0.511 e. The van der Waals surface area contributed by atoms with Gasteiger partial charge in [-0.05, 0) is 0 Å². The fourth-order valence-corrected chi connectivity index (χ4v) is 2.08. The van der Waals surface area contributed by atoms with Gasteiger partial charge in [0.15, 0.2) is 0 Å². The highest BCUT2D eigenvalue weighted by atomic mass is 32.2. The minimum absolute atomic E-state index is 0.0451. The van der Waals surface area contributed by atoms with Crippen LogP contribution in [0.3, 0.4) is 0 Å². The first-order valence-corrected chi connectivity index (χ1v) is 5.18. The van der Waals surface area contributed by atoms with Crippen molar-refractivity contribution in [1.29, 1.82) is 0 Å². The maximum atomic E-state index is 12.0. The number of nitrogens with zero attached hydrogens (tertiary/aromatic N) is 1. The van der Waals surface area contributed by atoms with Gasteiger partial charge < -0.3 is 10.4 Å². The molecule has 0 aromatic carbocycles. The zero-order valence-electron chi connectivity index (χ0n) is 6.95. The van der Waals surface area contributed by atoms with Crippen molar-refractivity contribution < 1.29 is 26.7 Å². The van der Waals surface area contributed by atoms with Gasteiger partial charge in [0.05, 0.1) is 0 Å². The van der Waals surface area contributed by atoms with E-state index in [9.17, 15) is 21.6 Å². The summed E-state index contributed by atoms with van der Waals surface area (Å²) in [6.45, 7) is -0.495. The molecule has 0 radical (unpaired) electrons. The molecule has 9 heteroatoms. The Labute approximate surface area is 78.6 Å². The number of piperazine rings is 1. The van der Waals surface area contributed by atoms with Gasteiger partial charge in [-0.15, -0.1) is 0 Å². The first-order valence-electron chi connectivity index (χ1n) is 3.73. The fourth-order valence-electron chi connectivity index (χ4n) is 1.08. The van der Waals surface area contributed by atoms with E-state index in [0.29, 0.717) is 0 Å². The SMILES string of the molecule is O=S(=O)(N1CCNCC1O)C(F)(F)F. The average Bonchev–Trinajstić information content (AvgIpc) is 2.02. The smallest absolute Gasteiger partial charge is 0.376 e. The van der Waals surface area contributed by atoms with Gasteiger partial charge in [0.2, 0.25) is 0 Å². The number of sulfonamides is 1. The molecule has 1 unspecified atom stereocenters. The molecule has 0 amide bonds. The zero-order chi connectivity index (χ0) is 11.0. The topological polar surface area (TPSA) is 69.6 Å². The molecule has 0 aliphatic carbocycles. The molecular weight excluding hydrogens is 225 g/mol. The van der Waals surface area contributed by atoms with E-state index >= 15 is 0 Å². The van der Waals surface area contributed by atoms with E-state index in [1.54, 1.807) is 0 Å². The lowest BCUT2D eigenvalue weighted by Gasteiger charge is -2.31. The normalized spacial score (nSPS) is 26.4. The summed E-state index contributed by atoms with van der Waals surface area (Å²) < 4.78 is 57.8. The van der Waals surface area contributed by atoms with Crippen LogP contribution in [0.25, 0.3) is 0 Å². The van der Waals surface area contributed by atoms with E-state index in [2.05, 4.69) is 5.32 Å². The number of aliphatic hydroxyl groups is 1. The average molecular weight is 234 g/mol. The van der Waals surface area contributed by atoms with Crippen LogP contribution in [0.15, 0.2) is 0 Å². The molecule has 1 rings (SSSR count). The number of alkyl halides is 3. The highest BCUT2D eigenvalue weighted by Crippen LogP contribution is 2.27. The first-order chi connectivity index (χ1) is 6.27. The fraction of sp³-hybridized carbons (Fsp3) is 1.00. The van der Waals surface area contributed by atoms with E-state index in [4.69, 9.17) is 5.11 Å². The molecule has 84 valence electrons. The van der Waals surface area contributed by atoms with Gasteiger partial charge in [-0.1, -0.05) is 0 Å². The van der Waals surface area contributed by atoms with E-state index < -0.39 is 21.8 Å². The summed E-state index contributed by atoms with van der Waals surface area (Å²) in [5.74, 6) is 0. The van der Waals surface area contributed by atoms with Crippen LogP contribution in [-0.4, -0.2) is 49.2 Å². The van der Waals surface area contributed by atoms with Crippen molar-refractivity contribution in [3.8, 4) is 0 Å². The van der Waals surface area contributed by atoms with Crippen LogP contribution in [0.5, 0.6) is 0 Å². The molecule has 1 atom stereocenters. The Balaban J connectivity index is 2.92. The van der Waals surface area contributed by atoms with E-state index in [0.717, 1.165) is 0 Å². The van der Waals surface area contributed by atoms with E-state index in [1.807, 2.05) is 0 Å². The van der Waals surface area contributed by atoms with Crippen LogP contribution < -0.4 is 5.32 Å². The van der Waals surface area contributed by atoms with Gasteiger partial charge in [0.25, 0.3) is 0 Å². The summed E-state index contributed by atoms with van der Waals surface area (Å²) in [7, 11) is -5.41. The molecule has 0 spiro atoms. The van der Waals surface area contributed by atoms with Crippen LogP contribution in [0.2, 0.25) is 0 Å². The summed E-state index contributed by atoms with van der Waals surface area (Å²) in [6.07, 6.45) is -1.66. The Hall–Kier alpha value is -0.380. The molecule has 0 saturated carbocycles. The van der Waals surface area contributed by atoms with Gasteiger partial charge in [-0.2, -0.15) is 17.5 Å². The third-order valence-electron chi connectivity index (χ3n) is 1.77. The number of aliphatic hydroxyl groups excluding tert-OH is 1. The number of β-amino-alcohol motifs (C(OH)–C–C–N with tert-alkyl or cyclic N) is 1. The van der Waals surface area contributed by atoms with Crippen LogP contribution in [0.1, 0.15) is 0 Å². The zero-order valence-corrected chi connectivity index (χ0v) is 7.77. The van der Waals surface area contributed by atoms with Gasteiger partial charge >= 0.3 is 15.5 Å². The molecule has 0 aromatic heterocycles. The van der Waals surface area contributed by atoms with Crippen LogP contribution >= 0.6 is 0 Å². The Kier molecular flexibility index (Phi) is 3.04. The maximum absolute atomic E-state index is 12.0. The Bertz CT molecular complexity index is 302. The number of rotatable bonds is 1. The van der Waals surface area contributed by atoms with Crippen molar-refractivity contribution in [3.05, 3.63) is 0 Å². The lowest BCUT2D eigenvalue weighted by atomic mass is 10.4. The number of nitrogens with one attached hydrogen (secondary N) is 1. The lowest BCUT2D eigenvalue weighted by molar-refractivity contribution is -0.0581. The molecular formula is C5H9F3N2O3S. The van der Waals surface area contributed by atoms with Crippen LogP contribution in [0.4, 0.5) is 13.2 Å². The van der Waals surface area contributed by atoms with Gasteiger partial charge in [0.1, 0.15) is 6.23 Å². The number of halogens is 3. The quantitative estimate of drug-likeness (QED) is 0.614. The summed E-state index contributed by atoms with van der Waals surface area (Å²) in [5, 5.41) is 11.6. The molecule has 1 saturated heterocycles. The van der Waals surface area contributed by atoms with Crippen LogP contribution in [-0.2, 0) is 10.0 Å². The summed E-state index contributed by atoms with van der Waals surface area (Å²) in [4.78, 5) is 0. The third-order valence-corrected chi connectivity index (χ3v) is 3.40. The number of hydrogen-bond donors (Lipinski definition) is 2. The van der Waals surface area contributed by atoms with Crippen molar-refractivity contribution in [3.63, 3.8) is 0 Å². The lowest BCUT2D eigenvalue weighted by Crippen LogP contribution is -2.56. The van der Waals surface area contributed by atoms with Gasteiger partial charge in [-0.3, -0.25) is 0 Å². The molecule has 1 heterocycles. The molecule has 14 heavy (non-hydrogen) atoms. The summed E-state index contributed by atoms with van der Waals surface area (Å²) in [5.41, 5.74) is -5.36. The second-order valence-corrected chi connectivity index (χ2v) is 4.63. The predicted molar refractivity (Wildman–Crippen MR) is 40.6 cm³/mol. The van der Waals surface area contributed by atoms with Crippen molar-refractivity contribution in [1.82, 2.24) is 9.62 Å². The molecule has 5 nitrogen and oxygen atoms in total. The van der Waals surface area contributed by atoms with Crippen molar-refractivity contribution in [2.24, 2.45) is 0 Å². The third kappa shape index (κ3) is 2.00. The Morgan fingerprint density at radius 1 is 1.43 bits per heavy atom. The Morgan fingerprint density at radius 2 is 2.00 bits per heavy atom. The standard InChI is InChI=1S/C5H9F3N2O3S/c6-5(7,8)14(12,13)10-2-1-9-3-4(10)11/h4,9,11H,1-3H2. The highest BCUT2D eigenvalue weighted by Gasteiger charge is 2.52. The molecule has 1 aliphatic rings. The Morgan fingerprint density at radius 3 is 2.43 bits per heavy atom. The van der Waals surface area contributed by atoms with E-state index in [1.165, 1.54) is 0 Å². The second kappa shape index (κ2) is 3.65. The van der Waals surface area contributed by atoms with Crippen molar-refractivity contribution in [2.75, 3.05) is 19.6 Å². The predicted octanol–water partition coefficient (Wildman–Crippen LogP) is -0.940. The van der Waals surface area contributed by atoms with Gasteiger partial charge in [0, 0.05) is 19.6 Å². The highest BCUT2D eigenvalue weighted by molar-refractivity contribution is 7.90. The first kappa shape index (κ1) is 11.7. The molecule has 0 bridgehead atoms. The monoisotopic (exact) mass is 234 g/mol. The van der Waals surface area contributed by atoms with Gasteiger partial charge in [-0.25, -0.2) is 8.42 Å². The minimum atomic E-state index is -5.41. The summed E-state index contributed by atoms with van der Waals surface area (Å²) >= 11 is 0. The number of hydrogen-bond acceptors (Lipinski definition) is 4. The van der Waals surface area contributed by atoms with Crippen molar-refractivity contribution in [2.45, 2.75) is 11.7 Å². The molecule has 0 aromatic rings. The minimum Gasteiger partial charge on any atom is -0.376 e. The van der Waals surface area contributed by atoms with Crippen LogP contribution in [0, 0.1) is 0 Å². The molecule has 1 fully saturated rings. The van der Waals surface area contributed by atoms with E-state index in [-0.39, 0.29) is 23.9 Å².